The summed E-state index contributed by atoms with van der Waals surface area (Å²) >= 11 is 0. The summed E-state index contributed by atoms with van der Waals surface area (Å²) in [7, 11) is 0. The summed E-state index contributed by atoms with van der Waals surface area (Å²) in [6.45, 7) is 0. The molecule has 2 unspecified atom stereocenters. The van der Waals surface area contributed by atoms with Crippen LogP contribution in [0.2, 0.25) is 0 Å². The molecule has 0 aromatic rings. The van der Waals surface area contributed by atoms with E-state index in [-0.39, 0.29) is 18.0 Å². The highest BCUT2D eigenvalue weighted by molar-refractivity contribution is 5.78. The highest BCUT2D eigenvalue weighted by Gasteiger charge is 2.43. The molecule has 0 aromatic heterocycles. The minimum Gasteiger partial charge on any atom is -0.461 e. The normalized spacial score (nSPS) is 32.7. The fourth-order valence-electron chi connectivity index (χ4n) is 4.56. The van der Waals surface area contributed by atoms with Crippen molar-refractivity contribution in [3.63, 3.8) is 0 Å². The number of hydrogen-bond acceptors (Lipinski definition) is 2. The third-order valence-electron chi connectivity index (χ3n) is 5.92. The van der Waals surface area contributed by atoms with E-state index >= 15 is 0 Å². The topological polar surface area (TPSA) is 26.3 Å². The van der Waals surface area contributed by atoms with Crippen molar-refractivity contribution in [1.82, 2.24) is 0 Å². The van der Waals surface area contributed by atoms with E-state index in [2.05, 4.69) is 0 Å². The summed E-state index contributed by atoms with van der Waals surface area (Å²) in [4.78, 5) is 11.7. The second-order valence-electron chi connectivity index (χ2n) is 7.40. The highest BCUT2D eigenvalue weighted by atomic mass is 16.6. The largest absolute Gasteiger partial charge is 0.461 e. The molecule has 1 heterocycles. The summed E-state index contributed by atoms with van der Waals surface area (Å²) in [5.74, 6) is 2.07. The van der Waals surface area contributed by atoms with Crippen molar-refractivity contribution in [2.24, 2.45) is 17.8 Å². The van der Waals surface area contributed by atoms with Gasteiger partial charge in [0.05, 0.1) is 5.92 Å². The summed E-state index contributed by atoms with van der Waals surface area (Å²) < 4.78 is 5.45. The van der Waals surface area contributed by atoms with Gasteiger partial charge in [0.2, 0.25) is 0 Å². The van der Waals surface area contributed by atoms with Crippen molar-refractivity contribution >= 4 is 5.97 Å². The Kier molecular flexibility index (Phi) is 5.01. The lowest BCUT2D eigenvalue weighted by molar-refractivity contribution is -0.187. The maximum absolute atomic E-state index is 11.7. The molecule has 2 nitrogen and oxygen atoms in total. The van der Waals surface area contributed by atoms with Crippen LogP contribution in [-0.4, -0.2) is 12.1 Å². The lowest BCUT2D eigenvalue weighted by Gasteiger charge is -2.38. The van der Waals surface area contributed by atoms with Gasteiger partial charge in [-0.15, -0.1) is 0 Å². The highest BCUT2D eigenvalue weighted by Crippen LogP contribution is 2.38. The summed E-state index contributed by atoms with van der Waals surface area (Å²) in [5, 5.41) is 0. The molecule has 2 aliphatic carbocycles. The molecular weight excluding hydrogens is 248 g/mol. The number of esters is 1. The first-order chi connectivity index (χ1) is 9.83. The molecule has 2 heteroatoms. The third-order valence-corrected chi connectivity index (χ3v) is 5.92. The number of hydrogen-bond donors (Lipinski definition) is 0. The molecule has 0 aromatic carbocycles. The Labute approximate surface area is 123 Å². The zero-order chi connectivity index (χ0) is 13.8. The van der Waals surface area contributed by atoms with Crippen molar-refractivity contribution in [2.45, 2.75) is 89.6 Å². The van der Waals surface area contributed by atoms with Crippen molar-refractivity contribution < 1.29 is 9.53 Å². The molecule has 0 N–H and O–H groups in total. The van der Waals surface area contributed by atoms with Crippen molar-refractivity contribution in [3.05, 3.63) is 0 Å². The lowest BCUT2D eigenvalue weighted by Crippen LogP contribution is -2.46. The standard InChI is InChI=1S/C18H30O2/c19-18-16(13-15-9-5-2-6-10-15)17(20-18)12-11-14-7-3-1-4-8-14/h14-17H,1-13H2. The minimum atomic E-state index is 0.101. The third kappa shape index (κ3) is 3.56. The molecule has 1 aliphatic heterocycles. The van der Waals surface area contributed by atoms with E-state index < -0.39 is 0 Å². The van der Waals surface area contributed by atoms with Crippen molar-refractivity contribution in [2.75, 3.05) is 0 Å². The van der Waals surface area contributed by atoms with Gasteiger partial charge in [-0.05, 0) is 31.1 Å². The summed E-state index contributed by atoms with van der Waals surface area (Å²) in [6.07, 6.45) is 17.7. The predicted molar refractivity (Wildman–Crippen MR) is 80.4 cm³/mol. The molecule has 3 fully saturated rings. The minimum absolute atomic E-state index is 0.101. The van der Waals surface area contributed by atoms with Crippen LogP contribution in [0.1, 0.15) is 83.5 Å². The first-order valence-electron chi connectivity index (χ1n) is 9.03. The Morgan fingerprint density at radius 2 is 1.40 bits per heavy atom. The van der Waals surface area contributed by atoms with Gasteiger partial charge in [-0.1, -0.05) is 64.2 Å². The van der Waals surface area contributed by atoms with E-state index in [9.17, 15) is 4.79 Å². The maximum atomic E-state index is 11.7. The fraction of sp³-hybridized carbons (Fsp3) is 0.944. The Balaban J connectivity index is 1.41. The van der Waals surface area contributed by atoms with Crippen LogP contribution >= 0.6 is 0 Å². The molecule has 0 bridgehead atoms. The second-order valence-corrected chi connectivity index (χ2v) is 7.40. The lowest BCUT2D eigenvalue weighted by atomic mass is 9.77. The van der Waals surface area contributed by atoms with E-state index in [1.807, 2.05) is 0 Å². The quantitative estimate of drug-likeness (QED) is 0.671. The number of ether oxygens (including phenoxy) is 1. The van der Waals surface area contributed by atoms with E-state index in [4.69, 9.17) is 4.74 Å². The number of carbonyl (C=O) groups excluding carboxylic acids is 1. The average Bonchev–Trinajstić information content (AvgIpc) is 2.51. The Bertz CT molecular complexity index is 313. The van der Waals surface area contributed by atoms with Crippen LogP contribution in [-0.2, 0) is 9.53 Å². The van der Waals surface area contributed by atoms with Gasteiger partial charge in [0.25, 0.3) is 0 Å². The van der Waals surface area contributed by atoms with Crippen LogP contribution in [0, 0.1) is 17.8 Å². The van der Waals surface area contributed by atoms with Crippen LogP contribution < -0.4 is 0 Å². The summed E-state index contributed by atoms with van der Waals surface area (Å²) in [6, 6.07) is 0. The van der Waals surface area contributed by atoms with E-state index in [1.54, 1.807) is 0 Å². The number of cyclic esters (lactones) is 1. The van der Waals surface area contributed by atoms with Gasteiger partial charge in [-0.3, -0.25) is 4.79 Å². The van der Waals surface area contributed by atoms with Crippen LogP contribution in [0.25, 0.3) is 0 Å². The number of carbonyl (C=O) groups is 1. The van der Waals surface area contributed by atoms with E-state index in [0.717, 1.165) is 24.7 Å². The van der Waals surface area contributed by atoms with Gasteiger partial charge in [-0.2, -0.15) is 0 Å². The van der Waals surface area contributed by atoms with Gasteiger partial charge in [0.1, 0.15) is 6.10 Å². The van der Waals surface area contributed by atoms with E-state index in [0.29, 0.717) is 0 Å². The zero-order valence-electron chi connectivity index (χ0n) is 12.8. The smallest absolute Gasteiger partial charge is 0.313 e. The van der Waals surface area contributed by atoms with E-state index in [1.165, 1.54) is 70.6 Å². The van der Waals surface area contributed by atoms with Crippen LogP contribution in [0.3, 0.4) is 0 Å². The average molecular weight is 278 g/mol. The van der Waals surface area contributed by atoms with Gasteiger partial charge in [0.15, 0.2) is 0 Å². The second kappa shape index (κ2) is 6.95. The SMILES string of the molecule is O=C1OC(CCC2CCCCC2)C1CC1CCCCC1. The Morgan fingerprint density at radius 1 is 0.800 bits per heavy atom. The Morgan fingerprint density at radius 3 is 2.00 bits per heavy atom. The monoisotopic (exact) mass is 278 g/mol. The van der Waals surface area contributed by atoms with Crippen LogP contribution in [0.4, 0.5) is 0 Å². The zero-order valence-corrected chi connectivity index (χ0v) is 12.8. The van der Waals surface area contributed by atoms with Gasteiger partial charge in [0, 0.05) is 0 Å². The molecule has 0 spiro atoms. The first-order valence-corrected chi connectivity index (χ1v) is 9.03. The maximum Gasteiger partial charge on any atom is 0.313 e. The predicted octanol–water partition coefficient (Wildman–Crippen LogP) is 4.86. The fourth-order valence-corrected chi connectivity index (χ4v) is 4.56. The number of rotatable bonds is 5. The molecule has 3 aliphatic rings. The molecule has 2 atom stereocenters. The van der Waals surface area contributed by atoms with Crippen molar-refractivity contribution in [3.8, 4) is 0 Å². The van der Waals surface area contributed by atoms with Crippen LogP contribution in [0.5, 0.6) is 0 Å². The van der Waals surface area contributed by atoms with Gasteiger partial charge < -0.3 is 4.74 Å². The molecule has 0 radical (unpaired) electrons. The first kappa shape index (κ1) is 14.4. The Hall–Kier alpha value is -0.530. The molecule has 2 saturated carbocycles. The van der Waals surface area contributed by atoms with Crippen LogP contribution in [0.15, 0.2) is 0 Å². The molecule has 114 valence electrons. The molecule has 3 rings (SSSR count). The van der Waals surface area contributed by atoms with Crippen molar-refractivity contribution in [1.29, 1.82) is 0 Å². The molecule has 20 heavy (non-hydrogen) atoms. The summed E-state index contributed by atoms with van der Waals surface area (Å²) in [5.41, 5.74) is 0. The molecular formula is C18H30O2. The van der Waals surface area contributed by atoms with Gasteiger partial charge >= 0.3 is 5.97 Å². The molecule has 1 saturated heterocycles. The molecule has 0 amide bonds. The van der Waals surface area contributed by atoms with Gasteiger partial charge in [-0.25, -0.2) is 0 Å².